The van der Waals surface area contributed by atoms with Gasteiger partial charge in [0.2, 0.25) is 0 Å². The third-order valence-corrected chi connectivity index (χ3v) is 3.01. The highest BCUT2D eigenvalue weighted by Gasteiger charge is 2.47. The van der Waals surface area contributed by atoms with E-state index in [1.165, 1.54) is 0 Å². The number of hydrogen-bond acceptors (Lipinski definition) is 3. The average molecular weight is 214 g/mol. The molecule has 15 heavy (non-hydrogen) atoms. The summed E-state index contributed by atoms with van der Waals surface area (Å²) < 4.78 is 4.94. The summed E-state index contributed by atoms with van der Waals surface area (Å²) in [6.45, 7) is 8.35. The number of esters is 1. The van der Waals surface area contributed by atoms with E-state index >= 15 is 0 Å². The zero-order valence-electron chi connectivity index (χ0n) is 10.2. The van der Waals surface area contributed by atoms with Gasteiger partial charge >= 0.3 is 5.97 Å². The molecule has 3 heteroatoms. The largest absolute Gasteiger partial charge is 0.464 e. The minimum Gasteiger partial charge on any atom is -0.464 e. The molecule has 0 heterocycles. The normalized spacial score (nSPS) is 34.9. The Bertz CT molecular complexity index is 247. The van der Waals surface area contributed by atoms with Crippen molar-refractivity contribution in [3.05, 3.63) is 0 Å². The van der Waals surface area contributed by atoms with E-state index in [-0.39, 0.29) is 5.41 Å². The molecular formula is C12H22O3. The first-order valence-corrected chi connectivity index (χ1v) is 5.69. The van der Waals surface area contributed by atoms with E-state index < -0.39 is 11.6 Å². The van der Waals surface area contributed by atoms with Crippen LogP contribution in [0.1, 0.15) is 47.0 Å². The minimum absolute atomic E-state index is 0.0131. The van der Waals surface area contributed by atoms with Gasteiger partial charge in [0.15, 0.2) is 5.60 Å². The number of hydrogen-bond donors (Lipinski definition) is 1. The first kappa shape index (κ1) is 12.5. The molecule has 88 valence electrons. The molecule has 1 N–H and O–H groups in total. The van der Waals surface area contributed by atoms with Gasteiger partial charge in [0.05, 0.1) is 6.61 Å². The Morgan fingerprint density at radius 2 is 2.07 bits per heavy atom. The van der Waals surface area contributed by atoms with Crippen molar-refractivity contribution in [2.75, 3.05) is 6.61 Å². The first-order chi connectivity index (χ1) is 6.79. The quantitative estimate of drug-likeness (QED) is 0.716. The lowest BCUT2D eigenvalue weighted by Gasteiger charge is -2.42. The molecule has 1 aliphatic carbocycles. The van der Waals surface area contributed by atoms with E-state index in [4.69, 9.17) is 4.74 Å². The highest BCUT2D eigenvalue weighted by atomic mass is 16.5. The van der Waals surface area contributed by atoms with Crippen molar-refractivity contribution in [2.45, 2.75) is 52.6 Å². The smallest absolute Gasteiger partial charge is 0.338 e. The van der Waals surface area contributed by atoms with Crippen LogP contribution in [0.3, 0.4) is 0 Å². The Hall–Kier alpha value is -0.570. The molecule has 2 atom stereocenters. The van der Waals surface area contributed by atoms with Crippen molar-refractivity contribution in [3.63, 3.8) is 0 Å². The highest BCUT2D eigenvalue weighted by Crippen LogP contribution is 2.44. The standard InChI is InChI=1S/C12H22O3/c1-5-15-10(13)12(14)7-9(2)6-11(3,4)8-12/h9,14H,5-8H2,1-4H3. The summed E-state index contributed by atoms with van der Waals surface area (Å²) in [5, 5.41) is 10.3. The van der Waals surface area contributed by atoms with E-state index in [2.05, 4.69) is 20.8 Å². The summed E-state index contributed by atoms with van der Waals surface area (Å²) in [6.07, 6.45) is 2.08. The third kappa shape index (κ3) is 2.94. The van der Waals surface area contributed by atoms with Crippen molar-refractivity contribution >= 4 is 5.97 Å². The van der Waals surface area contributed by atoms with Crippen LogP contribution in [0.5, 0.6) is 0 Å². The second-order valence-corrected chi connectivity index (χ2v) is 5.61. The van der Waals surface area contributed by atoms with Gasteiger partial charge in [0, 0.05) is 0 Å². The molecular weight excluding hydrogens is 192 g/mol. The fraction of sp³-hybridized carbons (Fsp3) is 0.917. The van der Waals surface area contributed by atoms with Gasteiger partial charge in [-0.25, -0.2) is 4.79 Å². The summed E-state index contributed by atoms with van der Waals surface area (Å²) in [5.41, 5.74) is -1.25. The molecule has 3 nitrogen and oxygen atoms in total. The Morgan fingerprint density at radius 3 is 2.53 bits per heavy atom. The fourth-order valence-electron chi connectivity index (χ4n) is 2.95. The van der Waals surface area contributed by atoms with Gasteiger partial charge in [-0.3, -0.25) is 0 Å². The monoisotopic (exact) mass is 214 g/mol. The van der Waals surface area contributed by atoms with Gasteiger partial charge in [0.25, 0.3) is 0 Å². The Labute approximate surface area is 91.8 Å². The van der Waals surface area contributed by atoms with Crippen molar-refractivity contribution in [3.8, 4) is 0 Å². The lowest BCUT2D eigenvalue weighted by atomic mass is 9.66. The van der Waals surface area contributed by atoms with Crippen LogP contribution < -0.4 is 0 Å². The maximum Gasteiger partial charge on any atom is 0.338 e. The molecule has 0 radical (unpaired) electrons. The molecule has 0 aromatic carbocycles. The number of aliphatic hydroxyl groups is 1. The number of carbonyl (C=O) groups excluding carboxylic acids is 1. The summed E-state index contributed by atoms with van der Waals surface area (Å²) in [4.78, 5) is 11.7. The first-order valence-electron chi connectivity index (χ1n) is 5.69. The maximum absolute atomic E-state index is 11.7. The predicted molar refractivity (Wildman–Crippen MR) is 58.4 cm³/mol. The molecule has 2 unspecified atom stereocenters. The van der Waals surface area contributed by atoms with Gasteiger partial charge < -0.3 is 9.84 Å². The zero-order valence-corrected chi connectivity index (χ0v) is 10.2. The number of carbonyl (C=O) groups is 1. The minimum atomic E-state index is -1.27. The van der Waals surface area contributed by atoms with E-state index in [1.54, 1.807) is 6.92 Å². The molecule has 0 spiro atoms. The second-order valence-electron chi connectivity index (χ2n) is 5.61. The van der Waals surface area contributed by atoms with Crippen molar-refractivity contribution < 1.29 is 14.6 Å². The van der Waals surface area contributed by atoms with Crippen LogP contribution in [0.2, 0.25) is 0 Å². The molecule has 1 aliphatic rings. The van der Waals surface area contributed by atoms with Crippen LogP contribution >= 0.6 is 0 Å². The van der Waals surface area contributed by atoms with Crippen LogP contribution in [0.25, 0.3) is 0 Å². The van der Waals surface area contributed by atoms with E-state index in [0.717, 1.165) is 6.42 Å². The summed E-state index contributed by atoms with van der Waals surface area (Å²) in [7, 11) is 0. The van der Waals surface area contributed by atoms with Crippen molar-refractivity contribution in [1.82, 2.24) is 0 Å². The van der Waals surface area contributed by atoms with E-state index in [0.29, 0.717) is 25.4 Å². The lowest BCUT2D eigenvalue weighted by Crippen LogP contribution is -2.49. The van der Waals surface area contributed by atoms with Crippen LogP contribution in [-0.4, -0.2) is 23.3 Å². The average Bonchev–Trinajstić information content (AvgIpc) is 1.99. The molecule has 0 aromatic rings. The van der Waals surface area contributed by atoms with E-state index in [1.807, 2.05) is 0 Å². The molecule has 1 saturated carbocycles. The molecule has 1 rings (SSSR count). The van der Waals surface area contributed by atoms with Crippen LogP contribution in [0.4, 0.5) is 0 Å². The van der Waals surface area contributed by atoms with E-state index in [9.17, 15) is 9.90 Å². The van der Waals surface area contributed by atoms with Crippen LogP contribution in [-0.2, 0) is 9.53 Å². The Kier molecular flexibility index (Phi) is 3.44. The topological polar surface area (TPSA) is 46.5 Å². The Morgan fingerprint density at radius 1 is 1.47 bits per heavy atom. The number of rotatable bonds is 2. The predicted octanol–water partition coefficient (Wildman–Crippen LogP) is 2.13. The maximum atomic E-state index is 11.7. The van der Waals surface area contributed by atoms with Gasteiger partial charge in [-0.05, 0) is 37.5 Å². The highest BCUT2D eigenvalue weighted by molar-refractivity contribution is 5.79. The molecule has 0 amide bonds. The van der Waals surface area contributed by atoms with Gasteiger partial charge in [-0.1, -0.05) is 20.8 Å². The SMILES string of the molecule is CCOC(=O)C1(O)CC(C)CC(C)(C)C1. The van der Waals surface area contributed by atoms with Gasteiger partial charge in [0.1, 0.15) is 0 Å². The lowest BCUT2D eigenvalue weighted by molar-refractivity contribution is -0.175. The van der Waals surface area contributed by atoms with Crippen LogP contribution in [0, 0.1) is 11.3 Å². The number of ether oxygens (including phenoxy) is 1. The van der Waals surface area contributed by atoms with Gasteiger partial charge in [-0.15, -0.1) is 0 Å². The Balaban J connectivity index is 2.79. The molecule has 0 aliphatic heterocycles. The van der Waals surface area contributed by atoms with Gasteiger partial charge in [-0.2, -0.15) is 0 Å². The third-order valence-electron chi connectivity index (χ3n) is 3.01. The molecule has 1 fully saturated rings. The van der Waals surface area contributed by atoms with Crippen molar-refractivity contribution in [2.24, 2.45) is 11.3 Å². The van der Waals surface area contributed by atoms with Crippen LogP contribution in [0.15, 0.2) is 0 Å². The fourth-order valence-corrected chi connectivity index (χ4v) is 2.95. The summed E-state index contributed by atoms with van der Waals surface area (Å²) >= 11 is 0. The molecule has 0 bridgehead atoms. The summed E-state index contributed by atoms with van der Waals surface area (Å²) in [5.74, 6) is -0.0900. The summed E-state index contributed by atoms with van der Waals surface area (Å²) in [6, 6.07) is 0. The molecule has 0 aromatic heterocycles. The second kappa shape index (κ2) is 4.12. The molecule has 0 saturated heterocycles. The zero-order chi connectivity index (χ0) is 11.7. The van der Waals surface area contributed by atoms with Crippen molar-refractivity contribution in [1.29, 1.82) is 0 Å².